The molecule has 2 aromatic rings. The zero-order chi connectivity index (χ0) is 13.6. The Bertz CT molecular complexity index is 730. The third-order valence-electron chi connectivity index (χ3n) is 3.38. The van der Waals surface area contributed by atoms with E-state index >= 15 is 0 Å². The summed E-state index contributed by atoms with van der Waals surface area (Å²) in [6.07, 6.45) is 0.992. The van der Waals surface area contributed by atoms with Gasteiger partial charge in [-0.25, -0.2) is 17.5 Å². The van der Waals surface area contributed by atoms with Crippen molar-refractivity contribution in [1.82, 2.24) is 15.0 Å². The highest BCUT2D eigenvalue weighted by Crippen LogP contribution is 2.28. The second-order valence-electron chi connectivity index (χ2n) is 4.67. The van der Waals surface area contributed by atoms with Crippen LogP contribution in [0.4, 0.5) is 4.39 Å². The van der Waals surface area contributed by atoms with Gasteiger partial charge in [0.2, 0.25) is 0 Å². The van der Waals surface area contributed by atoms with Gasteiger partial charge in [-0.1, -0.05) is 16.8 Å². The molecule has 102 valence electrons. The first kappa shape index (κ1) is 12.8. The molecular formula is C11H11ClFN3O2S. The predicted molar refractivity (Wildman–Crippen MR) is 69.4 cm³/mol. The SMILES string of the molecule is O=S1(=O)CCC(n2nnc3cc(F)c(Cl)cc32)CC1. The van der Waals surface area contributed by atoms with Gasteiger partial charge < -0.3 is 0 Å². The Morgan fingerprint density at radius 3 is 2.68 bits per heavy atom. The molecule has 0 unspecified atom stereocenters. The summed E-state index contributed by atoms with van der Waals surface area (Å²) >= 11 is 5.76. The van der Waals surface area contributed by atoms with Crippen LogP contribution in [0.2, 0.25) is 5.02 Å². The summed E-state index contributed by atoms with van der Waals surface area (Å²) in [5, 5.41) is 7.91. The zero-order valence-corrected chi connectivity index (χ0v) is 11.5. The summed E-state index contributed by atoms with van der Waals surface area (Å²) in [6, 6.07) is 2.69. The lowest BCUT2D eigenvalue weighted by atomic mass is 10.1. The average Bonchev–Trinajstić information content (AvgIpc) is 2.73. The first-order valence-electron chi connectivity index (χ1n) is 5.87. The van der Waals surface area contributed by atoms with Gasteiger partial charge in [0, 0.05) is 6.07 Å². The van der Waals surface area contributed by atoms with Gasteiger partial charge in [0.05, 0.1) is 28.1 Å². The van der Waals surface area contributed by atoms with E-state index in [1.165, 1.54) is 12.1 Å². The van der Waals surface area contributed by atoms with Crippen LogP contribution >= 0.6 is 11.6 Å². The highest BCUT2D eigenvalue weighted by molar-refractivity contribution is 7.91. The van der Waals surface area contributed by atoms with Crippen molar-refractivity contribution >= 4 is 32.5 Å². The van der Waals surface area contributed by atoms with Crippen molar-refractivity contribution in [1.29, 1.82) is 0 Å². The highest BCUT2D eigenvalue weighted by Gasteiger charge is 2.26. The largest absolute Gasteiger partial charge is 0.241 e. The quantitative estimate of drug-likeness (QED) is 0.808. The average molecular weight is 304 g/mol. The molecule has 1 saturated heterocycles. The van der Waals surface area contributed by atoms with Crippen molar-refractivity contribution < 1.29 is 12.8 Å². The molecule has 19 heavy (non-hydrogen) atoms. The third kappa shape index (κ3) is 2.32. The Labute approximate surface area is 114 Å². The minimum atomic E-state index is -2.92. The molecule has 0 radical (unpaired) electrons. The zero-order valence-electron chi connectivity index (χ0n) is 9.88. The van der Waals surface area contributed by atoms with Crippen LogP contribution in [0.1, 0.15) is 18.9 Å². The highest BCUT2D eigenvalue weighted by atomic mass is 35.5. The van der Waals surface area contributed by atoms with Crippen LogP contribution in [-0.2, 0) is 9.84 Å². The molecule has 0 amide bonds. The molecule has 0 N–H and O–H groups in total. The molecule has 0 saturated carbocycles. The monoisotopic (exact) mass is 303 g/mol. The number of aromatic nitrogens is 3. The standard InChI is InChI=1S/C11H11ClFN3O2S/c12-8-5-11-10(6-9(8)13)14-15-16(11)7-1-3-19(17,18)4-2-7/h5-7H,1-4H2. The Hall–Kier alpha value is -1.21. The molecule has 3 rings (SSSR count). The summed E-state index contributed by atoms with van der Waals surface area (Å²) < 4.78 is 37.8. The van der Waals surface area contributed by atoms with Crippen molar-refractivity contribution in [3.63, 3.8) is 0 Å². The van der Waals surface area contributed by atoms with Gasteiger partial charge in [0.25, 0.3) is 0 Å². The van der Waals surface area contributed by atoms with Crippen LogP contribution in [0.3, 0.4) is 0 Å². The van der Waals surface area contributed by atoms with Gasteiger partial charge in [0.1, 0.15) is 21.2 Å². The third-order valence-corrected chi connectivity index (χ3v) is 5.39. The molecular weight excluding hydrogens is 293 g/mol. The van der Waals surface area contributed by atoms with E-state index in [1.54, 1.807) is 4.68 Å². The fourth-order valence-electron chi connectivity index (χ4n) is 2.33. The maximum absolute atomic E-state index is 13.3. The van der Waals surface area contributed by atoms with Crippen LogP contribution in [0.25, 0.3) is 11.0 Å². The van der Waals surface area contributed by atoms with E-state index in [0.29, 0.717) is 23.9 Å². The predicted octanol–water partition coefficient (Wildman–Crippen LogP) is 1.97. The van der Waals surface area contributed by atoms with Gasteiger partial charge >= 0.3 is 0 Å². The summed E-state index contributed by atoms with van der Waals surface area (Å²) in [4.78, 5) is 0. The Kier molecular flexibility index (Phi) is 2.98. The van der Waals surface area contributed by atoms with Crippen molar-refractivity contribution in [2.24, 2.45) is 0 Å². The number of hydrogen-bond donors (Lipinski definition) is 0. The van der Waals surface area contributed by atoms with Gasteiger partial charge in [-0.2, -0.15) is 0 Å². The smallest absolute Gasteiger partial charge is 0.150 e. The molecule has 1 aromatic carbocycles. The lowest BCUT2D eigenvalue weighted by Gasteiger charge is -2.22. The van der Waals surface area contributed by atoms with Gasteiger partial charge in [-0.15, -0.1) is 5.10 Å². The Morgan fingerprint density at radius 1 is 1.32 bits per heavy atom. The van der Waals surface area contributed by atoms with E-state index in [9.17, 15) is 12.8 Å². The van der Waals surface area contributed by atoms with Crippen LogP contribution in [-0.4, -0.2) is 34.9 Å². The first-order valence-corrected chi connectivity index (χ1v) is 8.06. The maximum Gasteiger partial charge on any atom is 0.150 e. The van der Waals surface area contributed by atoms with Crippen molar-refractivity contribution in [3.05, 3.63) is 23.0 Å². The molecule has 5 nitrogen and oxygen atoms in total. The summed E-state index contributed by atoms with van der Waals surface area (Å²) in [6.45, 7) is 0. The van der Waals surface area contributed by atoms with Crippen LogP contribution in [0, 0.1) is 5.82 Å². The summed E-state index contributed by atoms with van der Waals surface area (Å²) in [5.41, 5.74) is 1.06. The van der Waals surface area contributed by atoms with Gasteiger partial charge in [0.15, 0.2) is 0 Å². The number of nitrogens with zero attached hydrogens (tertiary/aromatic N) is 3. The van der Waals surface area contributed by atoms with Gasteiger partial charge in [-0.3, -0.25) is 0 Å². The maximum atomic E-state index is 13.3. The minimum absolute atomic E-state index is 0.0134. The van der Waals surface area contributed by atoms with E-state index in [-0.39, 0.29) is 22.6 Å². The van der Waals surface area contributed by atoms with Gasteiger partial charge in [-0.05, 0) is 18.9 Å². The topological polar surface area (TPSA) is 64.8 Å². The van der Waals surface area contributed by atoms with E-state index in [1.807, 2.05) is 0 Å². The molecule has 1 aromatic heterocycles. The lowest BCUT2D eigenvalue weighted by molar-refractivity contribution is 0.415. The molecule has 1 fully saturated rings. The first-order chi connectivity index (χ1) is 8.96. The van der Waals surface area contributed by atoms with Crippen LogP contribution in [0.15, 0.2) is 12.1 Å². The minimum Gasteiger partial charge on any atom is -0.241 e. The molecule has 1 aliphatic heterocycles. The summed E-state index contributed by atoms with van der Waals surface area (Å²) in [5.74, 6) is -0.241. The van der Waals surface area contributed by atoms with E-state index in [4.69, 9.17) is 11.6 Å². The molecule has 0 spiro atoms. The van der Waals surface area contributed by atoms with E-state index in [0.717, 1.165) is 0 Å². The lowest BCUT2D eigenvalue weighted by Crippen LogP contribution is -2.26. The number of sulfone groups is 1. The molecule has 0 atom stereocenters. The Morgan fingerprint density at radius 2 is 2.00 bits per heavy atom. The fourth-order valence-corrected chi connectivity index (χ4v) is 3.95. The van der Waals surface area contributed by atoms with Crippen molar-refractivity contribution in [2.75, 3.05) is 11.5 Å². The molecule has 2 heterocycles. The van der Waals surface area contributed by atoms with Crippen molar-refractivity contribution in [2.45, 2.75) is 18.9 Å². The normalized spacial score (nSPS) is 19.9. The fraction of sp³-hybridized carbons (Fsp3) is 0.455. The molecule has 0 bridgehead atoms. The second-order valence-corrected chi connectivity index (χ2v) is 7.38. The Balaban J connectivity index is 2.00. The number of hydrogen-bond acceptors (Lipinski definition) is 4. The summed E-state index contributed by atoms with van der Waals surface area (Å²) in [7, 11) is -2.92. The van der Waals surface area contributed by atoms with E-state index in [2.05, 4.69) is 10.3 Å². The number of benzene rings is 1. The number of fused-ring (bicyclic) bond motifs is 1. The van der Waals surface area contributed by atoms with Crippen LogP contribution < -0.4 is 0 Å². The number of rotatable bonds is 1. The van der Waals surface area contributed by atoms with Crippen molar-refractivity contribution in [3.8, 4) is 0 Å². The molecule has 0 aliphatic carbocycles. The van der Waals surface area contributed by atoms with E-state index < -0.39 is 15.7 Å². The second kappa shape index (κ2) is 4.42. The number of halogens is 2. The molecule has 1 aliphatic rings. The molecule has 8 heteroatoms. The van der Waals surface area contributed by atoms with Crippen LogP contribution in [0.5, 0.6) is 0 Å².